The van der Waals surface area contributed by atoms with E-state index in [0.717, 1.165) is 36.5 Å². The number of ether oxygens (including phenoxy) is 1. The Morgan fingerprint density at radius 2 is 1.96 bits per heavy atom. The molecule has 5 nitrogen and oxygen atoms in total. The lowest BCUT2D eigenvalue weighted by atomic mass is 10.1. The molecule has 0 radical (unpaired) electrons. The van der Waals surface area contributed by atoms with E-state index >= 15 is 0 Å². The lowest BCUT2D eigenvalue weighted by Gasteiger charge is -2.10. The van der Waals surface area contributed by atoms with Crippen molar-refractivity contribution < 1.29 is 22.3 Å². The zero-order chi connectivity index (χ0) is 18.9. The summed E-state index contributed by atoms with van der Waals surface area (Å²) in [5.74, 6) is -1.54. The summed E-state index contributed by atoms with van der Waals surface area (Å²) in [6.07, 6.45) is 0.735. The molecule has 136 valence electrons. The first-order chi connectivity index (χ1) is 12.4. The summed E-state index contributed by atoms with van der Waals surface area (Å²) in [6, 6.07) is 11.1. The highest BCUT2D eigenvalue weighted by molar-refractivity contribution is 7.93. The second-order valence-corrected chi connectivity index (χ2v) is 8.20. The van der Waals surface area contributed by atoms with Crippen LogP contribution in [0.3, 0.4) is 0 Å². The van der Waals surface area contributed by atoms with E-state index in [4.69, 9.17) is 0 Å². The monoisotopic (exact) mass is 393 g/mol. The lowest BCUT2D eigenvalue weighted by molar-refractivity contribution is 0.0602. The molecule has 0 atom stereocenters. The summed E-state index contributed by atoms with van der Waals surface area (Å²) in [4.78, 5) is 11.5. The van der Waals surface area contributed by atoms with E-state index < -0.39 is 26.7 Å². The Morgan fingerprint density at radius 3 is 2.65 bits per heavy atom. The van der Waals surface area contributed by atoms with Crippen LogP contribution in [0, 0.1) is 5.82 Å². The van der Waals surface area contributed by atoms with E-state index in [-0.39, 0.29) is 10.3 Å². The molecule has 1 aromatic heterocycles. The number of nitrogens with one attached hydrogen (secondary N) is 1. The van der Waals surface area contributed by atoms with Crippen LogP contribution in [0.5, 0.6) is 0 Å². The number of anilines is 1. The zero-order valence-corrected chi connectivity index (χ0v) is 15.7. The van der Waals surface area contributed by atoms with Crippen molar-refractivity contribution in [2.45, 2.75) is 18.2 Å². The van der Waals surface area contributed by atoms with Gasteiger partial charge in [0.15, 0.2) is 0 Å². The van der Waals surface area contributed by atoms with Crippen molar-refractivity contribution in [2.75, 3.05) is 11.8 Å². The van der Waals surface area contributed by atoms with Crippen molar-refractivity contribution in [3.8, 4) is 0 Å². The maximum absolute atomic E-state index is 14.4. The molecule has 0 saturated heterocycles. The second-order valence-electron chi connectivity index (χ2n) is 5.52. The molecule has 1 heterocycles. The summed E-state index contributed by atoms with van der Waals surface area (Å²) < 4.78 is 47.8. The minimum atomic E-state index is -4.21. The Hall–Kier alpha value is -2.45. The number of carbonyl (C=O) groups is 1. The van der Waals surface area contributed by atoms with Gasteiger partial charge in [0.25, 0.3) is 10.0 Å². The highest BCUT2D eigenvalue weighted by Gasteiger charge is 2.30. The van der Waals surface area contributed by atoms with Crippen LogP contribution in [0.25, 0.3) is 10.1 Å². The fourth-order valence-electron chi connectivity index (χ4n) is 2.62. The number of rotatable bonds is 5. The van der Waals surface area contributed by atoms with Crippen LogP contribution in [-0.2, 0) is 21.2 Å². The van der Waals surface area contributed by atoms with Crippen LogP contribution < -0.4 is 4.72 Å². The Balaban J connectivity index is 2.20. The minimum absolute atomic E-state index is 0.114. The molecule has 0 saturated carbocycles. The quantitative estimate of drug-likeness (QED) is 0.660. The van der Waals surface area contributed by atoms with Crippen LogP contribution in [0.1, 0.15) is 22.2 Å². The van der Waals surface area contributed by atoms with Gasteiger partial charge in [-0.3, -0.25) is 4.72 Å². The number of fused-ring (bicyclic) bond motifs is 1. The van der Waals surface area contributed by atoms with Crippen LogP contribution in [0.2, 0.25) is 0 Å². The van der Waals surface area contributed by atoms with Gasteiger partial charge in [-0.2, -0.15) is 0 Å². The Morgan fingerprint density at radius 1 is 1.23 bits per heavy atom. The average molecular weight is 393 g/mol. The van der Waals surface area contributed by atoms with E-state index in [0.29, 0.717) is 10.4 Å². The number of methoxy groups -OCH3 is 1. The number of hydrogen-bond acceptors (Lipinski definition) is 5. The van der Waals surface area contributed by atoms with Crippen molar-refractivity contribution >= 4 is 43.1 Å². The number of halogens is 1. The van der Waals surface area contributed by atoms with Gasteiger partial charge in [-0.25, -0.2) is 17.6 Å². The number of esters is 1. The van der Waals surface area contributed by atoms with Gasteiger partial charge in [0.1, 0.15) is 15.6 Å². The van der Waals surface area contributed by atoms with Gasteiger partial charge in [-0.05, 0) is 36.2 Å². The van der Waals surface area contributed by atoms with Gasteiger partial charge in [0, 0.05) is 15.8 Å². The fourth-order valence-corrected chi connectivity index (χ4v) is 5.52. The molecule has 3 rings (SSSR count). The summed E-state index contributed by atoms with van der Waals surface area (Å²) in [6.45, 7) is 1.95. The SMILES string of the molecule is CCc1cccc(NS(=O)(=O)c2c(C(=O)OC)sc3cccc(F)c23)c1. The smallest absolute Gasteiger partial charge is 0.349 e. The van der Waals surface area contributed by atoms with Gasteiger partial charge in [-0.15, -0.1) is 11.3 Å². The Kier molecular flexibility index (Phi) is 4.97. The van der Waals surface area contributed by atoms with Gasteiger partial charge in [0.05, 0.1) is 7.11 Å². The minimum Gasteiger partial charge on any atom is -0.465 e. The molecule has 0 aliphatic carbocycles. The standard InChI is InChI=1S/C18H16FNO4S2/c1-3-11-6-4-7-12(10-11)20-26(22,23)17-15-13(19)8-5-9-14(15)25-16(17)18(21)24-2/h4-10,20H,3H2,1-2H3. The van der Waals surface area contributed by atoms with Gasteiger partial charge in [-0.1, -0.05) is 25.1 Å². The maximum Gasteiger partial charge on any atom is 0.349 e. The van der Waals surface area contributed by atoms with Gasteiger partial charge in [0.2, 0.25) is 0 Å². The number of hydrogen-bond donors (Lipinski definition) is 1. The molecule has 0 fully saturated rings. The number of carbonyl (C=O) groups excluding carboxylic acids is 1. The topological polar surface area (TPSA) is 72.5 Å². The predicted octanol–water partition coefficient (Wildman–Crippen LogP) is 4.19. The molecular weight excluding hydrogens is 377 g/mol. The van der Waals surface area contributed by atoms with Crippen LogP contribution in [-0.4, -0.2) is 21.5 Å². The molecule has 8 heteroatoms. The van der Waals surface area contributed by atoms with Crippen molar-refractivity contribution in [3.05, 3.63) is 58.7 Å². The molecule has 0 unspecified atom stereocenters. The van der Waals surface area contributed by atoms with E-state index in [9.17, 15) is 17.6 Å². The van der Waals surface area contributed by atoms with Crippen molar-refractivity contribution in [1.29, 1.82) is 0 Å². The summed E-state index contributed by atoms with van der Waals surface area (Å²) >= 11 is 0.882. The normalized spacial score (nSPS) is 11.5. The van der Waals surface area contributed by atoms with Crippen molar-refractivity contribution in [2.24, 2.45) is 0 Å². The zero-order valence-electron chi connectivity index (χ0n) is 14.1. The van der Waals surface area contributed by atoms with Crippen LogP contribution in [0.15, 0.2) is 47.4 Å². The summed E-state index contributed by atoms with van der Waals surface area (Å²) in [7, 11) is -3.06. The maximum atomic E-state index is 14.4. The Labute approximate surface area is 154 Å². The molecule has 1 N–H and O–H groups in total. The first-order valence-electron chi connectivity index (χ1n) is 7.78. The number of thiophene rings is 1. The molecule has 0 bridgehead atoms. The Bertz CT molecular complexity index is 1090. The average Bonchev–Trinajstić information content (AvgIpc) is 3.03. The van der Waals surface area contributed by atoms with Gasteiger partial charge >= 0.3 is 5.97 Å². The molecule has 0 aliphatic heterocycles. The predicted molar refractivity (Wildman–Crippen MR) is 99.8 cm³/mol. The first kappa shape index (κ1) is 18.3. The third-order valence-corrected chi connectivity index (χ3v) is 6.56. The highest BCUT2D eigenvalue weighted by atomic mass is 32.2. The second kappa shape index (κ2) is 7.05. The molecule has 3 aromatic rings. The van der Waals surface area contributed by atoms with E-state index in [2.05, 4.69) is 9.46 Å². The molecule has 26 heavy (non-hydrogen) atoms. The number of sulfonamides is 1. The van der Waals surface area contributed by atoms with Crippen LogP contribution in [0.4, 0.5) is 10.1 Å². The largest absolute Gasteiger partial charge is 0.465 e. The van der Waals surface area contributed by atoms with E-state index in [1.165, 1.54) is 6.07 Å². The lowest BCUT2D eigenvalue weighted by Crippen LogP contribution is -2.16. The van der Waals surface area contributed by atoms with Crippen LogP contribution >= 0.6 is 11.3 Å². The first-order valence-corrected chi connectivity index (χ1v) is 10.1. The molecule has 2 aromatic carbocycles. The molecule has 0 amide bonds. The number of aryl methyl sites for hydroxylation is 1. The van der Waals surface area contributed by atoms with Gasteiger partial charge < -0.3 is 4.74 Å². The van der Waals surface area contributed by atoms with E-state index in [1.807, 2.05) is 13.0 Å². The third-order valence-electron chi connectivity index (χ3n) is 3.85. The molecular formula is C18H16FNO4S2. The summed E-state index contributed by atoms with van der Waals surface area (Å²) in [5, 5.41) is -0.114. The molecule has 0 aliphatic rings. The van der Waals surface area contributed by atoms with Crippen molar-refractivity contribution in [1.82, 2.24) is 0 Å². The summed E-state index contributed by atoms with van der Waals surface area (Å²) in [5.41, 5.74) is 1.29. The third kappa shape index (κ3) is 3.30. The molecule has 0 spiro atoms. The number of benzene rings is 2. The fraction of sp³-hybridized carbons (Fsp3) is 0.167. The van der Waals surface area contributed by atoms with Crippen molar-refractivity contribution in [3.63, 3.8) is 0 Å². The van der Waals surface area contributed by atoms with E-state index in [1.54, 1.807) is 24.3 Å². The highest BCUT2D eigenvalue weighted by Crippen LogP contribution is 2.37.